The Hall–Kier alpha value is -2.52. The van der Waals surface area contributed by atoms with Crippen LogP contribution in [0.5, 0.6) is 5.75 Å². The molecule has 30 heavy (non-hydrogen) atoms. The molecule has 1 aromatic rings. The van der Waals surface area contributed by atoms with Gasteiger partial charge in [-0.2, -0.15) is 0 Å². The van der Waals surface area contributed by atoms with Crippen LogP contribution in [0, 0.1) is 0 Å². The Bertz CT molecular complexity index is 960. The molecule has 0 aromatic heterocycles. The predicted octanol–water partition coefficient (Wildman–Crippen LogP) is 2.02. The maximum absolute atomic E-state index is 13.3. The zero-order valence-electron chi connectivity index (χ0n) is 16.8. The third-order valence-corrected chi connectivity index (χ3v) is 5.55. The first-order valence-corrected chi connectivity index (χ1v) is 9.97. The van der Waals surface area contributed by atoms with Gasteiger partial charge < -0.3 is 29.5 Å². The Labute approximate surface area is 173 Å². The average Bonchev–Trinajstić information content (AvgIpc) is 2.70. The highest BCUT2D eigenvalue weighted by Crippen LogP contribution is 2.44. The molecule has 4 atom stereocenters. The van der Waals surface area contributed by atoms with E-state index in [1.807, 2.05) is 6.92 Å². The molecule has 2 aliphatic heterocycles. The van der Waals surface area contributed by atoms with Crippen LogP contribution in [-0.4, -0.2) is 58.6 Å². The van der Waals surface area contributed by atoms with Crippen molar-refractivity contribution >= 4 is 17.6 Å². The van der Waals surface area contributed by atoms with Gasteiger partial charge in [0.1, 0.15) is 24.1 Å². The van der Waals surface area contributed by atoms with Gasteiger partial charge in [0.15, 0.2) is 17.9 Å². The molecule has 1 aliphatic carbocycles. The number of carbonyl (C=O) groups excluding carboxylic acids is 2. The molecule has 3 N–H and O–H groups in total. The number of fused-ring (bicyclic) bond motifs is 2. The third-order valence-electron chi connectivity index (χ3n) is 5.55. The highest BCUT2D eigenvalue weighted by atomic mass is 16.7. The van der Waals surface area contributed by atoms with Crippen molar-refractivity contribution in [2.45, 2.75) is 51.3 Å². The molecule has 160 valence electrons. The maximum Gasteiger partial charge on any atom is 0.198 e. The number of hydrogen-bond donors (Lipinski definition) is 3. The largest absolute Gasteiger partial charge is 0.507 e. The zero-order valence-corrected chi connectivity index (χ0v) is 16.8. The minimum Gasteiger partial charge on any atom is -0.507 e. The number of ether oxygens (including phenoxy) is 3. The van der Waals surface area contributed by atoms with Crippen LogP contribution in [0.4, 0.5) is 0 Å². The fourth-order valence-corrected chi connectivity index (χ4v) is 4.10. The maximum atomic E-state index is 13.3. The van der Waals surface area contributed by atoms with E-state index in [2.05, 4.69) is 0 Å². The molecular formula is C22H24O8. The van der Waals surface area contributed by atoms with Crippen molar-refractivity contribution in [2.75, 3.05) is 13.2 Å². The van der Waals surface area contributed by atoms with E-state index in [0.717, 1.165) is 12.5 Å². The van der Waals surface area contributed by atoms with Gasteiger partial charge in [-0.05, 0) is 37.1 Å². The summed E-state index contributed by atoms with van der Waals surface area (Å²) in [6.07, 6.45) is 0.675. The van der Waals surface area contributed by atoms with E-state index in [9.17, 15) is 24.9 Å². The lowest BCUT2D eigenvalue weighted by Gasteiger charge is -2.35. The van der Waals surface area contributed by atoms with E-state index in [4.69, 9.17) is 14.2 Å². The normalized spacial score (nSPS) is 28.3. The fourth-order valence-electron chi connectivity index (χ4n) is 4.10. The zero-order chi connectivity index (χ0) is 21.6. The highest BCUT2D eigenvalue weighted by Gasteiger charge is 2.40. The van der Waals surface area contributed by atoms with Crippen molar-refractivity contribution in [3.8, 4) is 5.75 Å². The van der Waals surface area contributed by atoms with Gasteiger partial charge in [-0.1, -0.05) is 13.3 Å². The number of rotatable bonds is 4. The van der Waals surface area contributed by atoms with E-state index < -0.39 is 42.8 Å². The second kappa shape index (κ2) is 7.96. The number of phenolic OH excluding ortho intramolecular Hbond substituents is 1. The summed E-state index contributed by atoms with van der Waals surface area (Å²) in [5.74, 6) is -0.655. The van der Waals surface area contributed by atoms with Crippen molar-refractivity contribution in [1.82, 2.24) is 0 Å². The van der Waals surface area contributed by atoms with Gasteiger partial charge in [-0.25, -0.2) is 0 Å². The molecule has 0 saturated carbocycles. The number of carbonyl (C=O) groups is 2. The molecule has 1 aromatic carbocycles. The SMILES string of the molecule is CCCC1OC(C)=Cc2cc3c(c(O)c21)C(=O)C([C@@H]1OC[C@@H](O)[C@H](CO)O1)=CC3=O. The molecule has 2 heterocycles. The van der Waals surface area contributed by atoms with Crippen LogP contribution >= 0.6 is 0 Å². The number of Topliss-reactive ketones (excluding diaryl/α,β-unsaturated/α-hetero) is 1. The summed E-state index contributed by atoms with van der Waals surface area (Å²) >= 11 is 0. The molecule has 4 rings (SSSR count). The monoisotopic (exact) mass is 416 g/mol. The summed E-state index contributed by atoms with van der Waals surface area (Å²) in [7, 11) is 0. The minimum atomic E-state index is -1.23. The molecular weight excluding hydrogens is 392 g/mol. The number of benzene rings is 1. The molecule has 1 unspecified atom stereocenters. The molecule has 8 heteroatoms. The van der Waals surface area contributed by atoms with Gasteiger partial charge in [0.2, 0.25) is 0 Å². The number of phenols is 1. The Balaban J connectivity index is 1.77. The third kappa shape index (κ3) is 3.35. The molecule has 0 bridgehead atoms. The topological polar surface area (TPSA) is 123 Å². The summed E-state index contributed by atoms with van der Waals surface area (Å²) in [5.41, 5.74) is 1.06. The number of aliphatic hydroxyl groups is 2. The fraction of sp³-hybridized carbons (Fsp3) is 0.455. The first-order valence-electron chi connectivity index (χ1n) is 9.97. The van der Waals surface area contributed by atoms with Crippen molar-refractivity contribution in [1.29, 1.82) is 0 Å². The van der Waals surface area contributed by atoms with Crippen LogP contribution in [0.3, 0.4) is 0 Å². The van der Waals surface area contributed by atoms with E-state index >= 15 is 0 Å². The molecule has 8 nitrogen and oxygen atoms in total. The lowest BCUT2D eigenvalue weighted by Crippen LogP contribution is -2.47. The van der Waals surface area contributed by atoms with E-state index in [0.29, 0.717) is 23.3 Å². The van der Waals surface area contributed by atoms with Crippen molar-refractivity contribution in [2.24, 2.45) is 0 Å². The standard InChI is InChI=1S/C22H24O8/c1-3-4-16-18-11(5-10(2)29-16)6-12-14(24)7-13(20(26)19(12)21(18)27)22-28-9-15(25)17(8-23)30-22/h5-7,15-17,22-23,25,27H,3-4,8-9H2,1-2H3/t15-,16?,17+,22-/m1/s1. The van der Waals surface area contributed by atoms with Crippen LogP contribution < -0.4 is 0 Å². The first kappa shape index (κ1) is 20.7. The number of allylic oxidation sites excluding steroid dienone is 2. The smallest absolute Gasteiger partial charge is 0.198 e. The quantitative estimate of drug-likeness (QED) is 0.681. The van der Waals surface area contributed by atoms with Crippen LogP contribution in [-0.2, 0) is 14.2 Å². The molecule has 0 radical (unpaired) electrons. The van der Waals surface area contributed by atoms with E-state index in [1.54, 1.807) is 19.1 Å². The Morgan fingerprint density at radius 3 is 2.70 bits per heavy atom. The molecule has 0 amide bonds. The van der Waals surface area contributed by atoms with Crippen molar-refractivity contribution in [3.63, 3.8) is 0 Å². The minimum absolute atomic E-state index is 0.0800. The van der Waals surface area contributed by atoms with Crippen LogP contribution in [0.15, 0.2) is 23.5 Å². The molecule has 0 spiro atoms. The lowest BCUT2D eigenvalue weighted by atomic mass is 9.82. The molecule has 3 aliphatic rings. The Kier molecular flexibility index (Phi) is 5.50. The lowest BCUT2D eigenvalue weighted by molar-refractivity contribution is -0.241. The number of aliphatic hydroxyl groups excluding tert-OH is 2. The highest BCUT2D eigenvalue weighted by molar-refractivity contribution is 6.26. The number of ketones is 2. The Morgan fingerprint density at radius 1 is 1.23 bits per heavy atom. The van der Waals surface area contributed by atoms with Crippen LogP contribution in [0.2, 0.25) is 0 Å². The summed E-state index contributed by atoms with van der Waals surface area (Å²) in [5, 5.41) is 30.2. The van der Waals surface area contributed by atoms with Crippen LogP contribution in [0.25, 0.3) is 6.08 Å². The van der Waals surface area contributed by atoms with Crippen LogP contribution in [0.1, 0.15) is 64.6 Å². The van der Waals surface area contributed by atoms with Gasteiger partial charge in [0.05, 0.1) is 30.1 Å². The van der Waals surface area contributed by atoms with Gasteiger partial charge in [-0.15, -0.1) is 0 Å². The predicted molar refractivity (Wildman–Crippen MR) is 105 cm³/mol. The van der Waals surface area contributed by atoms with E-state index in [1.165, 1.54) is 0 Å². The van der Waals surface area contributed by atoms with Gasteiger partial charge in [-0.3, -0.25) is 9.59 Å². The summed E-state index contributed by atoms with van der Waals surface area (Å²) in [4.78, 5) is 26.1. The summed E-state index contributed by atoms with van der Waals surface area (Å²) in [6, 6.07) is 1.61. The molecule has 1 fully saturated rings. The second-order valence-corrected chi connectivity index (χ2v) is 7.68. The first-order chi connectivity index (χ1) is 14.3. The van der Waals surface area contributed by atoms with Gasteiger partial charge in [0.25, 0.3) is 0 Å². The van der Waals surface area contributed by atoms with E-state index in [-0.39, 0.29) is 29.1 Å². The molecule has 1 saturated heterocycles. The number of hydrogen-bond acceptors (Lipinski definition) is 8. The van der Waals surface area contributed by atoms with Gasteiger partial charge in [0, 0.05) is 11.1 Å². The van der Waals surface area contributed by atoms with Crippen molar-refractivity contribution < 1.29 is 39.1 Å². The summed E-state index contributed by atoms with van der Waals surface area (Å²) < 4.78 is 16.7. The van der Waals surface area contributed by atoms with Gasteiger partial charge >= 0.3 is 0 Å². The second-order valence-electron chi connectivity index (χ2n) is 7.68. The van der Waals surface area contributed by atoms with Crippen molar-refractivity contribution in [3.05, 3.63) is 45.7 Å². The summed E-state index contributed by atoms with van der Waals surface area (Å²) in [6.45, 7) is 3.17. The average molecular weight is 416 g/mol. The Morgan fingerprint density at radius 2 is 2.00 bits per heavy atom. The number of aromatic hydroxyl groups is 1.